The Bertz CT molecular complexity index is 571. The van der Waals surface area contributed by atoms with Crippen LogP contribution in [0.25, 0.3) is 0 Å². The van der Waals surface area contributed by atoms with E-state index in [1.54, 1.807) is 0 Å². The molecule has 3 fully saturated rings. The molecular formula is C20H30NO3-. The fourth-order valence-corrected chi connectivity index (χ4v) is 7.03. The maximum Gasteiger partial charge on any atom is 0.139 e. The summed E-state index contributed by atoms with van der Waals surface area (Å²) >= 11 is 0. The largest absolute Gasteiger partial charge is 0.762 e. The summed E-state index contributed by atoms with van der Waals surface area (Å²) in [6.07, 6.45) is 10.8. The molecule has 0 radical (unpaired) electrons. The molecule has 0 spiro atoms. The molecule has 4 heteroatoms. The van der Waals surface area contributed by atoms with Crippen LogP contribution in [0.5, 0.6) is 0 Å². The van der Waals surface area contributed by atoms with E-state index in [0.717, 1.165) is 43.6 Å². The van der Waals surface area contributed by atoms with Crippen molar-refractivity contribution in [1.82, 2.24) is 5.23 Å². The first-order valence-electron chi connectivity index (χ1n) is 9.69. The fourth-order valence-electron chi connectivity index (χ4n) is 7.03. The third-order valence-corrected chi connectivity index (χ3v) is 8.45. The second kappa shape index (κ2) is 5.65. The number of ketones is 1. The molecule has 0 heterocycles. The monoisotopic (exact) mass is 332 g/mol. The third-order valence-electron chi connectivity index (χ3n) is 8.45. The number of rotatable bonds is 2. The first kappa shape index (κ1) is 16.7. The van der Waals surface area contributed by atoms with Crippen LogP contribution < -0.4 is 0 Å². The number of Topliss-reactive ketones (excluding diaryl/α,β-unsaturated/α-hetero) is 1. The highest BCUT2D eigenvalue weighted by molar-refractivity contribution is 5.87. The second-order valence-corrected chi connectivity index (χ2v) is 9.36. The quantitative estimate of drug-likeness (QED) is 0.604. The van der Waals surface area contributed by atoms with Crippen molar-refractivity contribution in [2.75, 3.05) is 6.54 Å². The molecule has 4 nitrogen and oxygen atoms in total. The number of hydrogen-bond donors (Lipinski definition) is 1. The molecule has 0 bridgehead atoms. The van der Waals surface area contributed by atoms with Crippen LogP contribution in [0.1, 0.15) is 65.2 Å². The summed E-state index contributed by atoms with van der Waals surface area (Å²) in [5, 5.41) is 20.0. The predicted octanol–water partition coefficient (Wildman–Crippen LogP) is 4.32. The maximum absolute atomic E-state index is 12.4. The molecule has 24 heavy (non-hydrogen) atoms. The number of allylic oxidation sites excluding steroid dienone is 1. The molecule has 0 unspecified atom stereocenters. The van der Waals surface area contributed by atoms with Crippen molar-refractivity contribution in [3.05, 3.63) is 16.9 Å². The summed E-state index contributed by atoms with van der Waals surface area (Å²) in [4.78, 5) is 12.4. The van der Waals surface area contributed by atoms with Crippen LogP contribution in [-0.2, 0) is 4.79 Å². The Hall–Kier alpha value is -0.710. The standard InChI is InChI=1S/C20H30NO3/c1-19-9-7-13(12-21(23)24)11-14(19)3-4-15-16-5-6-18(22)20(16,2)10-8-17(15)19/h7,14-17,23H,3-6,8-12H2,1-2H3/q-1/t14-,15-,16-,17-,19-,20-/m0/s1. The van der Waals surface area contributed by atoms with Gasteiger partial charge in [0.05, 0.1) is 0 Å². The highest BCUT2D eigenvalue weighted by atomic mass is 16.8. The number of fused-ring (bicyclic) bond motifs is 5. The third kappa shape index (κ3) is 2.33. The first-order chi connectivity index (χ1) is 11.3. The fraction of sp³-hybridized carbons (Fsp3) is 0.850. The Morgan fingerprint density at radius 1 is 1.25 bits per heavy atom. The lowest BCUT2D eigenvalue weighted by atomic mass is 9.45. The summed E-state index contributed by atoms with van der Waals surface area (Å²) in [6.45, 7) is 4.82. The molecule has 4 aliphatic carbocycles. The zero-order valence-electron chi connectivity index (χ0n) is 15.0. The Labute approximate surface area is 144 Å². The lowest BCUT2D eigenvalue weighted by Crippen LogP contribution is -2.52. The van der Waals surface area contributed by atoms with Crippen molar-refractivity contribution < 1.29 is 10.0 Å². The molecule has 0 aromatic heterocycles. The molecule has 1 N–H and O–H groups in total. The molecule has 3 saturated carbocycles. The van der Waals surface area contributed by atoms with Gasteiger partial charge in [-0.3, -0.25) is 10.0 Å². The van der Waals surface area contributed by atoms with E-state index in [2.05, 4.69) is 19.9 Å². The SMILES string of the molecule is C[C@]12CC=C(CN([O-])O)C[C@@H]1CC[C@@H]1[C@@H]2CC[C@]2(C)C(=O)CC[C@@H]12. The van der Waals surface area contributed by atoms with Crippen molar-refractivity contribution in [2.24, 2.45) is 34.5 Å². The van der Waals surface area contributed by atoms with E-state index in [0.29, 0.717) is 29.0 Å². The van der Waals surface area contributed by atoms with Crippen LogP contribution in [0.4, 0.5) is 0 Å². The maximum atomic E-state index is 12.4. The lowest BCUT2D eigenvalue weighted by molar-refractivity contribution is -0.136. The molecule has 134 valence electrons. The van der Waals surface area contributed by atoms with Crippen LogP contribution in [-0.4, -0.2) is 22.8 Å². The van der Waals surface area contributed by atoms with E-state index in [1.807, 2.05) is 0 Å². The van der Waals surface area contributed by atoms with Crippen molar-refractivity contribution in [1.29, 1.82) is 0 Å². The summed E-state index contributed by atoms with van der Waals surface area (Å²) in [5.41, 5.74) is 1.37. The molecule has 6 atom stereocenters. The Kier molecular flexibility index (Phi) is 3.94. The van der Waals surface area contributed by atoms with Crippen molar-refractivity contribution in [3.8, 4) is 0 Å². The number of hydrogen-bond acceptors (Lipinski definition) is 4. The number of nitrogens with zero attached hydrogens (tertiary/aromatic N) is 1. The highest BCUT2D eigenvalue weighted by Crippen LogP contribution is 2.65. The molecule has 0 aliphatic heterocycles. The van der Waals surface area contributed by atoms with E-state index in [9.17, 15) is 10.0 Å². The van der Waals surface area contributed by atoms with Crippen molar-refractivity contribution in [3.63, 3.8) is 0 Å². The summed E-state index contributed by atoms with van der Waals surface area (Å²) < 4.78 is 0. The summed E-state index contributed by atoms with van der Waals surface area (Å²) in [5.74, 6) is 3.17. The molecule has 4 rings (SSSR count). The predicted molar refractivity (Wildman–Crippen MR) is 92.1 cm³/mol. The Morgan fingerprint density at radius 3 is 2.79 bits per heavy atom. The van der Waals surface area contributed by atoms with Crippen molar-refractivity contribution in [2.45, 2.75) is 65.2 Å². The number of carbonyl (C=O) groups is 1. The topological polar surface area (TPSA) is 63.6 Å². The summed E-state index contributed by atoms with van der Waals surface area (Å²) in [7, 11) is 0. The van der Waals surface area contributed by atoms with Gasteiger partial charge in [-0.05, 0) is 74.0 Å². The van der Waals surface area contributed by atoms with Gasteiger partial charge in [0.25, 0.3) is 0 Å². The van der Waals surface area contributed by atoms with E-state index in [1.165, 1.54) is 19.3 Å². The van der Waals surface area contributed by atoms with E-state index in [-0.39, 0.29) is 17.2 Å². The molecule has 0 aromatic rings. The van der Waals surface area contributed by atoms with Crippen molar-refractivity contribution >= 4 is 5.78 Å². The van der Waals surface area contributed by atoms with Crippen LogP contribution in [0.2, 0.25) is 0 Å². The van der Waals surface area contributed by atoms with Gasteiger partial charge in [0, 0.05) is 18.4 Å². The second-order valence-electron chi connectivity index (χ2n) is 9.36. The van der Waals surface area contributed by atoms with Crippen LogP contribution in [0.3, 0.4) is 0 Å². The normalized spacial score (nSPS) is 47.9. The number of carbonyl (C=O) groups excluding carboxylic acids is 1. The van der Waals surface area contributed by atoms with Gasteiger partial charge in [-0.1, -0.05) is 25.5 Å². The van der Waals surface area contributed by atoms with Crippen LogP contribution in [0.15, 0.2) is 11.6 Å². The zero-order valence-corrected chi connectivity index (χ0v) is 15.0. The molecule has 0 amide bonds. The van der Waals surface area contributed by atoms with Crippen LogP contribution >= 0.6 is 0 Å². The van der Waals surface area contributed by atoms with Gasteiger partial charge < -0.3 is 10.4 Å². The van der Waals surface area contributed by atoms with Gasteiger partial charge in [0.2, 0.25) is 0 Å². The van der Waals surface area contributed by atoms with Gasteiger partial charge in [-0.25, -0.2) is 0 Å². The molecule has 4 aliphatic rings. The van der Waals surface area contributed by atoms with Gasteiger partial charge in [-0.2, -0.15) is 0 Å². The van der Waals surface area contributed by atoms with E-state index >= 15 is 0 Å². The average molecular weight is 332 g/mol. The van der Waals surface area contributed by atoms with Gasteiger partial charge in [-0.15, -0.1) is 0 Å². The molecule has 0 aromatic carbocycles. The minimum atomic E-state index is -0.0417. The highest BCUT2D eigenvalue weighted by Gasteiger charge is 2.59. The average Bonchev–Trinajstić information content (AvgIpc) is 2.83. The molecular weight excluding hydrogens is 302 g/mol. The Balaban J connectivity index is 1.58. The van der Waals surface area contributed by atoms with Crippen LogP contribution in [0, 0.1) is 39.7 Å². The van der Waals surface area contributed by atoms with Gasteiger partial charge in [0.15, 0.2) is 0 Å². The summed E-state index contributed by atoms with van der Waals surface area (Å²) in [6, 6.07) is 0. The number of hydroxylamine groups is 2. The van der Waals surface area contributed by atoms with Gasteiger partial charge in [0.1, 0.15) is 5.78 Å². The van der Waals surface area contributed by atoms with Gasteiger partial charge >= 0.3 is 0 Å². The minimum Gasteiger partial charge on any atom is -0.762 e. The molecule has 0 saturated heterocycles. The smallest absolute Gasteiger partial charge is 0.139 e. The first-order valence-corrected chi connectivity index (χ1v) is 9.69. The lowest BCUT2D eigenvalue weighted by Gasteiger charge is -2.59. The zero-order chi connectivity index (χ0) is 17.1. The van der Waals surface area contributed by atoms with E-state index < -0.39 is 0 Å². The Morgan fingerprint density at radius 2 is 2.04 bits per heavy atom. The minimum absolute atomic E-state index is 0.0417. The van der Waals surface area contributed by atoms with E-state index in [4.69, 9.17) is 5.21 Å².